The molecule has 0 unspecified atom stereocenters. The van der Waals surface area contributed by atoms with E-state index >= 15 is 0 Å². The third-order valence-electron chi connectivity index (χ3n) is 3.10. The van der Waals surface area contributed by atoms with Crippen LogP contribution in [0.3, 0.4) is 0 Å². The first kappa shape index (κ1) is 18.0. The molecule has 1 aromatic rings. The van der Waals surface area contributed by atoms with Crippen LogP contribution in [0.15, 0.2) is 26.0 Å². The molecule has 0 saturated carbocycles. The first-order chi connectivity index (χ1) is 10.8. The number of methoxy groups -OCH3 is 1. The van der Waals surface area contributed by atoms with Crippen LogP contribution in [0.25, 0.3) is 6.08 Å². The van der Waals surface area contributed by atoms with Gasteiger partial charge in [0.15, 0.2) is 0 Å². The van der Waals surface area contributed by atoms with Crippen LogP contribution in [-0.4, -0.2) is 40.3 Å². The van der Waals surface area contributed by atoms with Gasteiger partial charge in [-0.1, -0.05) is 15.9 Å². The van der Waals surface area contributed by atoms with Crippen molar-refractivity contribution in [3.8, 4) is 5.75 Å². The van der Waals surface area contributed by atoms with Gasteiger partial charge in [0.25, 0.3) is 11.1 Å². The minimum atomic E-state index is -1.01. The molecule has 0 bridgehead atoms. The zero-order chi connectivity index (χ0) is 17.3. The average Bonchev–Trinajstić information content (AvgIpc) is 2.77. The van der Waals surface area contributed by atoms with Gasteiger partial charge in [-0.2, -0.15) is 0 Å². The number of carbonyl (C=O) groups excluding carboxylic acids is 3. The second-order valence-electron chi connectivity index (χ2n) is 4.58. The van der Waals surface area contributed by atoms with Gasteiger partial charge in [-0.15, -0.1) is 0 Å². The highest BCUT2D eigenvalue weighted by molar-refractivity contribution is 9.11. The number of amides is 2. The number of ether oxygens (including phenoxy) is 1. The topological polar surface area (TPSA) is 83.9 Å². The van der Waals surface area contributed by atoms with Gasteiger partial charge < -0.3 is 9.84 Å². The zero-order valence-electron chi connectivity index (χ0n) is 12.0. The van der Waals surface area contributed by atoms with Gasteiger partial charge in [0.2, 0.25) is 0 Å². The van der Waals surface area contributed by atoms with Crippen molar-refractivity contribution < 1.29 is 24.2 Å². The van der Waals surface area contributed by atoms with Crippen molar-refractivity contribution in [1.29, 1.82) is 0 Å². The maximum Gasteiger partial charge on any atom is 0.328 e. The molecule has 1 aliphatic heterocycles. The van der Waals surface area contributed by atoms with E-state index in [2.05, 4.69) is 36.6 Å². The van der Waals surface area contributed by atoms with Crippen LogP contribution >= 0.6 is 43.6 Å². The lowest BCUT2D eigenvalue weighted by Gasteiger charge is -2.18. The molecule has 23 heavy (non-hydrogen) atoms. The molecule has 1 N–H and O–H groups in total. The molecule has 0 spiro atoms. The highest BCUT2D eigenvalue weighted by Crippen LogP contribution is 2.38. The number of aromatic hydroxyl groups is 1. The molecule has 1 heterocycles. The summed E-state index contributed by atoms with van der Waals surface area (Å²) < 4.78 is 5.69. The summed E-state index contributed by atoms with van der Waals surface area (Å²) in [5, 5.41) is 9.47. The van der Waals surface area contributed by atoms with Crippen molar-refractivity contribution in [1.82, 2.24) is 4.90 Å². The average molecular weight is 465 g/mol. The fourth-order valence-electron chi connectivity index (χ4n) is 1.93. The Morgan fingerprint density at radius 2 is 2.04 bits per heavy atom. The predicted molar refractivity (Wildman–Crippen MR) is 92.8 cm³/mol. The minimum absolute atomic E-state index is 0.0546. The number of imide groups is 1. The number of phenols is 1. The number of halogens is 2. The van der Waals surface area contributed by atoms with Crippen molar-refractivity contribution in [3.63, 3.8) is 0 Å². The molecular weight excluding hydrogens is 454 g/mol. The number of thioether (sulfide) groups is 1. The fourth-order valence-corrected chi connectivity index (χ4v) is 4.08. The number of esters is 1. The molecule has 9 heteroatoms. The standard InChI is InChI=1S/C14H11Br2NO5S/c1-6(13(20)22-2)17-12(19)10(23-14(17)21)4-7-3-8(15)5-9(16)11(7)18/h3-6,18H,1-2H3/b10-4+/t6-/m1/s1. The first-order valence-electron chi connectivity index (χ1n) is 6.29. The Morgan fingerprint density at radius 1 is 1.39 bits per heavy atom. The molecular formula is C14H11Br2NO5S. The Bertz CT molecular complexity index is 734. The lowest BCUT2D eigenvalue weighted by atomic mass is 10.2. The highest BCUT2D eigenvalue weighted by atomic mass is 79.9. The lowest BCUT2D eigenvalue weighted by Crippen LogP contribution is -2.42. The van der Waals surface area contributed by atoms with E-state index in [0.717, 1.165) is 4.90 Å². The largest absolute Gasteiger partial charge is 0.506 e. The smallest absolute Gasteiger partial charge is 0.328 e. The number of rotatable bonds is 3. The molecule has 1 fully saturated rings. The second-order valence-corrected chi connectivity index (χ2v) is 7.34. The Balaban J connectivity index is 2.38. The van der Waals surface area contributed by atoms with Gasteiger partial charge in [-0.25, -0.2) is 4.79 Å². The summed E-state index contributed by atoms with van der Waals surface area (Å²) in [7, 11) is 1.19. The van der Waals surface area contributed by atoms with Crippen molar-refractivity contribution in [2.24, 2.45) is 0 Å². The van der Waals surface area contributed by atoms with E-state index in [-0.39, 0.29) is 10.7 Å². The summed E-state index contributed by atoms with van der Waals surface area (Å²) in [6.07, 6.45) is 1.40. The molecule has 1 saturated heterocycles. The monoisotopic (exact) mass is 463 g/mol. The van der Waals surface area contributed by atoms with E-state index in [0.29, 0.717) is 26.3 Å². The zero-order valence-corrected chi connectivity index (χ0v) is 16.0. The number of nitrogens with zero attached hydrogens (tertiary/aromatic N) is 1. The van der Waals surface area contributed by atoms with Gasteiger partial charge in [0.1, 0.15) is 11.8 Å². The summed E-state index contributed by atoms with van der Waals surface area (Å²) in [6, 6.07) is 2.25. The third kappa shape index (κ3) is 3.61. The van der Waals surface area contributed by atoms with Crippen LogP contribution in [0.2, 0.25) is 0 Å². The molecule has 1 aliphatic rings. The Labute approximate surface area is 153 Å². The Morgan fingerprint density at radius 3 is 2.65 bits per heavy atom. The fraction of sp³-hybridized carbons (Fsp3) is 0.214. The Kier molecular flexibility index (Phi) is 5.53. The van der Waals surface area contributed by atoms with E-state index in [1.807, 2.05) is 0 Å². The SMILES string of the molecule is COC(=O)[C@@H](C)N1C(=O)S/C(=C/c2cc(Br)cc(Br)c2O)C1=O. The van der Waals surface area contributed by atoms with Crippen LogP contribution in [0.4, 0.5) is 4.79 Å². The van der Waals surface area contributed by atoms with Gasteiger partial charge in [0.05, 0.1) is 16.5 Å². The number of hydrogen-bond donors (Lipinski definition) is 1. The minimum Gasteiger partial charge on any atom is -0.506 e. The summed E-state index contributed by atoms with van der Waals surface area (Å²) in [6.45, 7) is 1.41. The molecule has 122 valence electrons. The normalized spacial score (nSPS) is 17.7. The maximum absolute atomic E-state index is 12.4. The van der Waals surface area contributed by atoms with Crippen LogP contribution in [0, 0.1) is 0 Å². The molecule has 0 aromatic heterocycles. The molecule has 2 rings (SSSR count). The van der Waals surface area contributed by atoms with Gasteiger partial charge in [-0.3, -0.25) is 14.5 Å². The summed E-state index contributed by atoms with van der Waals surface area (Å²) in [5.74, 6) is -1.34. The summed E-state index contributed by atoms with van der Waals surface area (Å²) >= 11 is 7.19. The van der Waals surface area contributed by atoms with Gasteiger partial charge in [0, 0.05) is 10.0 Å². The molecule has 0 aliphatic carbocycles. The molecule has 0 radical (unpaired) electrons. The van der Waals surface area contributed by atoms with Crippen molar-refractivity contribution in [2.75, 3.05) is 7.11 Å². The van der Waals surface area contributed by atoms with Crippen molar-refractivity contribution in [2.45, 2.75) is 13.0 Å². The molecule has 2 amide bonds. The van der Waals surface area contributed by atoms with Gasteiger partial charge in [-0.05, 0) is 52.8 Å². The second kappa shape index (κ2) is 7.06. The number of benzene rings is 1. The number of hydrogen-bond acceptors (Lipinski definition) is 6. The van der Waals surface area contributed by atoms with E-state index < -0.39 is 23.2 Å². The van der Waals surface area contributed by atoms with E-state index in [1.54, 1.807) is 12.1 Å². The van der Waals surface area contributed by atoms with E-state index in [1.165, 1.54) is 20.1 Å². The number of phenolic OH excluding ortho intramolecular Hbond substituents is 1. The van der Waals surface area contributed by atoms with Crippen LogP contribution in [0.1, 0.15) is 12.5 Å². The van der Waals surface area contributed by atoms with Crippen LogP contribution in [0.5, 0.6) is 5.75 Å². The van der Waals surface area contributed by atoms with E-state index in [9.17, 15) is 19.5 Å². The maximum atomic E-state index is 12.4. The van der Waals surface area contributed by atoms with Crippen LogP contribution in [-0.2, 0) is 14.3 Å². The van der Waals surface area contributed by atoms with Crippen LogP contribution < -0.4 is 0 Å². The highest BCUT2D eigenvalue weighted by Gasteiger charge is 2.41. The van der Waals surface area contributed by atoms with Gasteiger partial charge >= 0.3 is 5.97 Å². The van der Waals surface area contributed by atoms with E-state index in [4.69, 9.17) is 0 Å². The molecule has 6 nitrogen and oxygen atoms in total. The first-order valence-corrected chi connectivity index (χ1v) is 8.69. The van der Waals surface area contributed by atoms with Crippen molar-refractivity contribution >= 4 is 66.8 Å². The quantitative estimate of drug-likeness (QED) is 0.544. The predicted octanol–water partition coefficient (Wildman–Crippen LogP) is 3.52. The number of carbonyl (C=O) groups is 3. The lowest BCUT2D eigenvalue weighted by molar-refractivity contribution is -0.148. The third-order valence-corrected chi connectivity index (χ3v) is 5.04. The molecule has 1 aromatic carbocycles. The van der Waals surface area contributed by atoms with Crippen molar-refractivity contribution in [3.05, 3.63) is 31.5 Å². The Hall–Kier alpha value is -1.32. The summed E-state index contributed by atoms with van der Waals surface area (Å²) in [4.78, 5) is 36.9. The summed E-state index contributed by atoms with van der Waals surface area (Å²) in [5.41, 5.74) is 0.363. The molecule has 1 atom stereocenters.